The summed E-state index contributed by atoms with van der Waals surface area (Å²) in [5.41, 5.74) is 2.62. The number of carboxylic acid groups (broad SMARTS) is 1. The molecule has 3 N–H and O–H groups in total. The molecular formula is C14H17N5O5. The first kappa shape index (κ1) is 17.1. The fourth-order valence-electron chi connectivity index (χ4n) is 1.91. The van der Waals surface area contributed by atoms with Crippen LogP contribution in [0.2, 0.25) is 0 Å². The molecule has 0 fully saturated rings. The summed E-state index contributed by atoms with van der Waals surface area (Å²) in [7, 11) is 1.52. The van der Waals surface area contributed by atoms with Crippen molar-refractivity contribution in [3.8, 4) is 0 Å². The molecule has 0 aliphatic heterocycles. The Labute approximate surface area is 137 Å². The third kappa shape index (κ3) is 3.72. The van der Waals surface area contributed by atoms with Crippen LogP contribution >= 0.6 is 0 Å². The lowest BCUT2D eigenvalue weighted by molar-refractivity contribution is -0.118. The zero-order valence-electron chi connectivity index (χ0n) is 13.3. The topological polar surface area (TPSA) is 130 Å². The summed E-state index contributed by atoms with van der Waals surface area (Å²) in [5.74, 6) is -0.144. The molecule has 10 nitrogen and oxygen atoms in total. The van der Waals surface area contributed by atoms with Gasteiger partial charge in [0.05, 0.1) is 0 Å². The second kappa shape index (κ2) is 6.86. The Morgan fingerprint density at radius 1 is 1.42 bits per heavy atom. The highest BCUT2D eigenvalue weighted by Gasteiger charge is 2.22. The first-order valence-electron chi connectivity index (χ1n) is 6.98. The smallest absolute Gasteiger partial charge is 0.405 e. The van der Waals surface area contributed by atoms with E-state index in [-0.39, 0.29) is 5.69 Å². The molecule has 0 saturated carbocycles. The molecular weight excluding hydrogens is 318 g/mol. The van der Waals surface area contributed by atoms with Gasteiger partial charge in [-0.1, -0.05) is 5.16 Å². The minimum Gasteiger partial charge on any atom is -0.465 e. The van der Waals surface area contributed by atoms with Crippen LogP contribution in [-0.4, -0.2) is 45.9 Å². The van der Waals surface area contributed by atoms with Gasteiger partial charge < -0.3 is 14.9 Å². The average Bonchev–Trinajstić information content (AvgIpc) is 3.14. The number of rotatable bonds is 5. The minimum atomic E-state index is -1.32. The number of anilines is 1. The maximum absolute atomic E-state index is 12.5. The van der Waals surface area contributed by atoms with Gasteiger partial charge in [-0.15, -0.1) is 0 Å². The van der Waals surface area contributed by atoms with Crippen LogP contribution in [0.15, 0.2) is 28.9 Å². The van der Waals surface area contributed by atoms with Crippen molar-refractivity contribution >= 4 is 23.7 Å². The predicted molar refractivity (Wildman–Crippen MR) is 83.4 cm³/mol. The average molecular weight is 335 g/mol. The number of nitrogens with zero attached hydrogens (tertiary/aromatic N) is 3. The van der Waals surface area contributed by atoms with Gasteiger partial charge in [0, 0.05) is 19.3 Å². The van der Waals surface area contributed by atoms with Gasteiger partial charge >= 0.3 is 6.09 Å². The van der Waals surface area contributed by atoms with E-state index in [0.717, 1.165) is 0 Å². The van der Waals surface area contributed by atoms with Gasteiger partial charge in [-0.05, 0) is 26.0 Å². The van der Waals surface area contributed by atoms with E-state index in [1.54, 1.807) is 19.1 Å². The van der Waals surface area contributed by atoms with Crippen LogP contribution in [0.5, 0.6) is 0 Å². The van der Waals surface area contributed by atoms with Crippen LogP contribution in [0.25, 0.3) is 0 Å². The molecule has 0 aromatic carbocycles. The van der Waals surface area contributed by atoms with E-state index in [9.17, 15) is 14.4 Å². The first-order valence-corrected chi connectivity index (χ1v) is 6.98. The van der Waals surface area contributed by atoms with E-state index in [1.165, 1.54) is 35.8 Å². The summed E-state index contributed by atoms with van der Waals surface area (Å²) in [4.78, 5) is 36.3. The number of hydrogen-bond donors (Lipinski definition) is 3. The van der Waals surface area contributed by atoms with E-state index in [0.29, 0.717) is 11.6 Å². The van der Waals surface area contributed by atoms with Crippen molar-refractivity contribution in [3.63, 3.8) is 0 Å². The summed E-state index contributed by atoms with van der Waals surface area (Å²) in [6.45, 7) is 3.09. The van der Waals surface area contributed by atoms with Crippen LogP contribution in [0.4, 0.5) is 10.6 Å². The molecule has 0 aliphatic carbocycles. The van der Waals surface area contributed by atoms with Crippen molar-refractivity contribution in [2.24, 2.45) is 0 Å². The number of aromatic nitrogens is 2. The highest BCUT2D eigenvalue weighted by molar-refractivity contribution is 6.04. The summed E-state index contributed by atoms with van der Waals surface area (Å²) in [5, 5.41) is 14.4. The van der Waals surface area contributed by atoms with Crippen LogP contribution < -0.4 is 15.6 Å². The standard InChI is InChI=1S/C14H17N5O5/c1-8-7-11(17-24-8)18(3)13(21)10-5-4-6-19(10)16-12(20)9(2)15-14(22)23/h4-7,9,15H,1-3H3,(H,16,20)(H,22,23). The summed E-state index contributed by atoms with van der Waals surface area (Å²) >= 11 is 0. The normalized spacial score (nSPS) is 11.6. The first-order chi connectivity index (χ1) is 11.3. The molecule has 1 unspecified atom stereocenters. The molecule has 2 aromatic heterocycles. The second-order valence-corrected chi connectivity index (χ2v) is 5.07. The SMILES string of the molecule is Cc1cc(N(C)C(=O)c2cccn2NC(=O)C(C)NC(=O)O)no1. The minimum absolute atomic E-state index is 0.175. The lowest BCUT2D eigenvalue weighted by atomic mass is 10.3. The second-order valence-electron chi connectivity index (χ2n) is 5.07. The van der Waals surface area contributed by atoms with E-state index < -0.39 is 23.9 Å². The van der Waals surface area contributed by atoms with E-state index in [1.807, 2.05) is 5.32 Å². The van der Waals surface area contributed by atoms with Crippen LogP contribution in [-0.2, 0) is 4.79 Å². The third-order valence-corrected chi connectivity index (χ3v) is 3.20. The maximum Gasteiger partial charge on any atom is 0.405 e. The van der Waals surface area contributed by atoms with E-state index in [2.05, 4.69) is 10.6 Å². The zero-order chi connectivity index (χ0) is 17.9. The predicted octanol–water partition coefficient (Wildman–Crippen LogP) is 0.787. The molecule has 2 heterocycles. The van der Waals surface area contributed by atoms with Gasteiger partial charge in [0.25, 0.3) is 11.8 Å². The molecule has 1 atom stereocenters. The number of aryl methyl sites for hydroxylation is 1. The fraction of sp³-hybridized carbons (Fsp3) is 0.286. The van der Waals surface area contributed by atoms with Crippen molar-refractivity contribution in [1.82, 2.24) is 15.1 Å². The van der Waals surface area contributed by atoms with Crippen molar-refractivity contribution in [1.29, 1.82) is 0 Å². The van der Waals surface area contributed by atoms with E-state index >= 15 is 0 Å². The summed E-state index contributed by atoms with van der Waals surface area (Å²) < 4.78 is 6.15. The van der Waals surface area contributed by atoms with Gasteiger partial charge in [-0.2, -0.15) is 0 Å². The lowest BCUT2D eigenvalue weighted by Gasteiger charge is -2.17. The zero-order valence-corrected chi connectivity index (χ0v) is 13.3. The monoisotopic (exact) mass is 335 g/mol. The number of nitrogens with one attached hydrogen (secondary N) is 2. The van der Waals surface area contributed by atoms with Crippen molar-refractivity contribution < 1.29 is 24.0 Å². The Balaban J connectivity index is 2.13. The third-order valence-electron chi connectivity index (χ3n) is 3.20. The van der Waals surface area contributed by atoms with Gasteiger partial charge in [0.2, 0.25) is 0 Å². The lowest BCUT2D eigenvalue weighted by Crippen LogP contribution is -2.44. The number of carbonyl (C=O) groups is 3. The van der Waals surface area contributed by atoms with E-state index in [4.69, 9.17) is 9.63 Å². The Morgan fingerprint density at radius 2 is 2.12 bits per heavy atom. The molecule has 2 aromatic rings. The summed E-state index contributed by atoms with van der Waals surface area (Å²) in [6.07, 6.45) is 0.156. The highest BCUT2D eigenvalue weighted by Crippen LogP contribution is 2.15. The number of hydrogen-bond acceptors (Lipinski definition) is 5. The molecule has 2 rings (SSSR count). The Morgan fingerprint density at radius 3 is 2.71 bits per heavy atom. The van der Waals surface area contributed by atoms with Crippen LogP contribution in [0.1, 0.15) is 23.2 Å². The van der Waals surface area contributed by atoms with Crippen molar-refractivity contribution in [3.05, 3.63) is 35.9 Å². The van der Waals surface area contributed by atoms with Gasteiger partial charge in [-0.25, -0.2) is 4.79 Å². The fourth-order valence-corrected chi connectivity index (χ4v) is 1.91. The van der Waals surface area contributed by atoms with Gasteiger partial charge in [0.15, 0.2) is 5.82 Å². The molecule has 10 heteroatoms. The van der Waals surface area contributed by atoms with Crippen molar-refractivity contribution in [2.75, 3.05) is 17.4 Å². The van der Waals surface area contributed by atoms with Crippen molar-refractivity contribution in [2.45, 2.75) is 19.9 Å². The largest absolute Gasteiger partial charge is 0.465 e. The molecule has 0 spiro atoms. The quantitative estimate of drug-likeness (QED) is 0.740. The molecule has 3 amide bonds. The molecule has 0 aliphatic rings. The molecule has 0 radical (unpaired) electrons. The van der Waals surface area contributed by atoms with Crippen LogP contribution in [0, 0.1) is 6.92 Å². The molecule has 24 heavy (non-hydrogen) atoms. The maximum atomic E-state index is 12.5. The molecule has 0 saturated heterocycles. The Hall–Kier alpha value is -3.30. The van der Waals surface area contributed by atoms with Gasteiger partial charge in [-0.3, -0.25) is 24.6 Å². The Kier molecular flexibility index (Phi) is 4.87. The highest BCUT2D eigenvalue weighted by atomic mass is 16.5. The van der Waals surface area contributed by atoms with Gasteiger partial charge in [0.1, 0.15) is 17.5 Å². The molecule has 128 valence electrons. The number of amides is 3. The van der Waals surface area contributed by atoms with Crippen LogP contribution in [0.3, 0.4) is 0 Å². The molecule has 0 bridgehead atoms. The Bertz CT molecular complexity index is 765. The summed E-state index contributed by atoms with van der Waals surface area (Å²) in [6, 6.07) is 3.71. The number of carbonyl (C=O) groups excluding carboxylic acids is 2.